The molecule has 0 aliphatic rings. The van der Waals surface area contributed by atoms with Crippen molar-refractivity contribution in [2.75, 3.05) is 0 Å². The van der Waals surface area contributed by atoms with Crippen LogP contribution in [0.15, 0.2) is 41.0 Å². The summed E-state index contributed by atoms with van der Waals surface area (Å²) in [5.41, 5.74) is 5.82. The van der Waals surface area contributed by atoms with Gasteiger partial charge in [0.05, 0.1) is 24.9 Å². The smallest absolute Gasteiger partial charge is 0.305 e. The quantitative estimate of drug-likeness (QED) is 0.425. The number of aryl methyl sites for hydroxylation is 2. The van der Waals surface area contributed by atoms with Gasteiger partial charge in [-0.3, -0.25) is 4.79 Å². The molecule has 3 N–H and O–H groups in total. The molecule has 0 radical (unpaired) electrons. The number of hydrogen-bond donors (Lipinski definition) is 3. The Labute approximate surface area is 186 Å². The summed E-state index contributed by atoms with van der Waals surface area (Å²) in [5, 5.41) is 29.8. The van der Waals surface area contributed by atoms with E-state index in [2.05, 4.69) is 19.9 Å². The van der Waals surface area contributed by atoms with Crippen LogP contribution in [-0.4, -0.2) is 33.5 Å². The predicted octanol–water partition coefficient (Wildman–Crippen LogP) is 5.58. The molecule has 3 rings (SSSR count). The van der Waals surface area contributed by atoms with Gasteiger partial charge in [-0.15, -0.1) is 0 Å². The minimum Gasteiger partial charge on any atom is -0.481 e. The van der Waals surface area contributed by atoms with Gasteiger partial charge in [0.15, 0.2) is 0 Å². The third kappa shape index (κ3) is 5.09. The zero-order chi connectivity index (χ0) is 23.6. The average molecular weight is 441 g/mol. The van der Waals surface area contributed by atoms with Crippen LogP contribution in [0.3, 0.4) is 0 Å². The molecular formula is C26H29FO5. The second kappa shape index (κ2) is 9.67. The second-order valence-corrected chi connectivity index (χ2v) is 8.58. The fraction of sp³-hybridized carbons (Fsp3) is 0.346. The average Bonchev–Trinajstić information content (AvgIpc) is 3.14. The van der Waals surface area contributed by atoms with E-state index in [1.165, 1.54) is 6.07 Å². The fourth-order valence-corrected chi connectivity index (χ4v) is 3.97. The van der Waals surface area contributed by atoms with Crippen LogP contribution in [-0.2, 0) is 4.79 Å². The highest BCUT2D eigenvalue weighted by Crippen LogP contribution is 2.39. The fourth-order valence-electron chi connectivity index (χ4n) is 3.97. The Balaban J connectivity index is 2.11. The molecule has 1 heterocycles. The minimum atomic E-state index is -1.14. The molecule has 5 nitrogen and oxygen atoms in total. The first-order valence-corrected chi connectivity index (χ1v) is 10.7. The van der Waals surface area contributed by atoms with Crippen LogP contribution in [0.5, 0.6) is 0 Å². The number of aliphatic carboxylic acids is 1. The lowest BCUT2D eigenvalue weighted by Gasteiger charge is -2.15. The molecule has 0 fully saturated rings. The maximum Gasteiger partial charge on any atom is 0.305 e. The first-order valence-electron chi connectivity index (χ1n) is 10.7. The summed E-state index contributed by atoms with van der Waals surface area (Å²) in [6.07, 6.45) is 2.37. The van der Waals surface area contributed by atoms with Gasteiger partial charge in [0, 0.05) is 17.4 Å². The SMILES string of the molecule is Cc1cc(-c2coc3c(C)cc(C(C)C)c(/C=C/[C@@H](O)C[C@@H](O)CC(=O)O)c23)ccc1F. The van der Waals surface area contributed by atoms with Gasteiger partial charge in [-0.05, 0) is 59.7 Å². The number of fused-ring (bicyclic) bond motifs is 1. The Kier molecular flexibility index (Phi) is 7.16. The van der Waals surface area contributed by atoms with E-state index in [-0.39, 0.29) is 18.2 Å². The maximum absolute atomic E-state index is 13.8. The van der Waals surface area contributed by atoms with Crippen molar-refractivity contribution in [2.45, 2.75) is 58.7 Å². The van der Waals surface area contributed by atoms with Crippen molar-refractivity contribution in [1.82, 2.24) is 0 Å². The van der Waals surface area contributed by atoms with Gasteiger partial charge in [-0.1, -0.05) is 38.1 Å². The van der Waals surface area contributed by atoms with E-state index < -0.39 is 24.6 Å². The lowest BCUT2D eigenvalue weighted by molar-refractivity contribution is -0.139. The van der Waals surface area contributed by atoms with Crippen LogP contribution in [0.2, 0.25) is 0 Å². The van der Waals surface area contributed by atoms with Crippen molar-refractivity contribution in [2.24, 2.45) is 0 Å². The standard InChI is InChI=1S/C26H29FO5/c1-14(2)21-10-16(4)26-25(20(21)7-6-18(28)11-19(29)12-24(30)31)22(13-32-26)17-5-8-23(27)15(3)9-17/h5-10,13-14,18-19,28-29H,11-12H2,1-4H3,(H,30,31)/b7-6+/t18-,19-/m1/s1. The maximum atomic E-state index is 13.8. The normalized spacial score (nSPS) is 13.9. The summed E-state index contributed by atoms with van der Waals surface area (Å²) in [7, 11) is 0. The predicted molar refractivity (Wildman–Crippen MR) is 123 cm³/mol. The number of aliphatic hydroxyl groups is 2. The van der Waals surface area contributed by atoms with E-state index in [9.17, 15) is 19.4 Å². The zero-order valence-corrected chi connectivity index (χ0v) is 18.7. The van der Waals surface area contributed by atoms with Gasteiger partial charge in [0.25, 0.3) is 0 Å². The number of rotatable bonds is 8. The van der Waals surface area contributed by atoms with Crippen LogP contribution in [0.4, 0.5) is 4.39 Å². The molecule has 6 heteroatoms. The van der Waals surface area contributed by atoms with E-state index in [1.807, 2.05) is 6.92 Å². The summed E-state index contributed by atoms with van der Waals surface area (Å²) >= 11 is 0. The Bertz CT molecular complexity index is 1160. The molecule has 1 aromatic heterocycles. The monoisotopic (exact) mass is 440 g/mol. The Morgan fingerprint density at radius 2 is 1.88 bits per heavy atom. The van der Waals surface area contributed by atoms with Crippen molar-refractivity contribution in [1.29, 1.82) is 0 Å². The number of carboxylic acid groups (broad SMARTS) is 1. The van der Waals surface area contributed by atoms with E-state index in [0.29, 0.717) is 11.1 Å². The molecule has 2 aromatic carbocycles. The van der Waals surface area contributed by atoms with E-state index in [0.717, 1.165) is 33.2 Å². The molecule has 0 aliphatic carbocycles. The van der Waals surface area contributed by atoms with Crippen molar-refractivity contribution >= 4 is 23.0 Å². The molecule has 0 unspecified atom stereocenters. The van der Waals surface area contributed by atoms with Crippen LogP contribution >= 0.6 is 0 Å². The summed E-state index contributed by atoms with van der Waals surface area (Å²) in [5.74, 6) is -1.21. The van der Waals surface area contributed by atoms with Gasteiger partial charge >= 0.3 is 5.97 Å². The van der Waals surface area contributed by atoms with Gasteiger partial charge in [-0.2, -0.15) is 0 Å². The zero-order valence-electron chi connectivity index (χ0n) is 18.7. The van der Waals surface area contributed by atoms with Crippen LogP contribution in [0.1, 0.15) is 54.9 Å². The lowest BCUT2D eigenvalue weighted by Crippen LogP contribution is -2.19. The largest absolute Gasteiger partial charge is 0.481 e. The number of furan rings is 1. The summed E-state index contributed by atoms with van der Waals surface area (Å²) in [6, 6.07) is 6.99. The molecule has 32 heavy (non-hydrogen) atoms. The molecule has 2 atom stereocenters. The Morgan fingerprint density at radius 3 is 2.50 bits per heavy atom. The summed E-state index contributed by atoms with van der Waals surface area (Å²) < 4.78 is 19.7. The molecule has 0 bridgehead atoms. The van der Waals surface area contributed by atoms with E-state index >= 15 is 0 Å². The van der Waals surface area contributed by atoms with Gasteiger partial charge < -0.3 is 19.7 Å². The van der Waals surface area contributed by atoms with E-state index in [4.69, 9.17) is 9.52 Å². The van der Waals surface area contributed by atoms with Crippen molar-refractivity contribution in [3.8, 4) is 11.1 Å². The Hall–Kier alpha value is -2.96. The minimum absolute atomic E-state index is 0.0791. The van der Waals surface area contributed by atoms with Gasteiger partial charge in [0.2, 0.25) is 0 Å². The van der Waals surface area contributed by atoms with Gasteiger partial charge in [0.1, 0.15) is 11.4 Å². The van der Waals surface area contributed by atoms with Crippen molar-refractivity contribution in [3.63, 3.8) is 0 Å². The highest BCUT2D eigenvalue weighted by Gasteiger charge is 2.20. The summed E-state index contributed by atoms with van der Waals surface area (Å²) in [4.78, 5) is 10.8. The molecule has 0 aliphatic heterocycles. The van der Waals surface area contributed by atoms with Crippen molar-refractivity contribution in [3.05, 3.63) is 64.7 Å². The number of hydrogen-bond acceptors (Lipinski definition) is 4. The third-order valence-corrected chi connectivity index (χ3v) is 5.60. The number of carboxylic acids is 1. The molecule has 3 aromatic rings. The molecule has 0 amide bonds. The lowest BCUT2D eigenvalue weighted by atomic mass is 9.89. The van der Waals surface area contributed by atoms with E-state index in [1.54, 1.807) is 37.5 Å². The first kappa shape index (κ1) is 23.7. The number of benzene rings is 2. The molecular weight excluding hydrogens is 411 g/mol. The second-order valence-electron chi connectivity index (χ2n) is 8.58. The molecule has 0 saturated carbocycles. The number of carbonyl (C=O) groups is 1. The highest BCUT2D eigenvalue weighted by molar-refractivity contribution is 6.02. The van der Waals surface area contributed by atoms with Crippen molar-refractivity contribution < 1.29 is 28.9 Å². The third-order valence-electron chi connectivity index (χ3n) is 5.60. The van der Waals surface area contributed by atoms with Crippen LogP contribution < -0.4 is 0 Å². The van der Waals surface area contributed by atoms with Crippen LogP contribution in [0, 0.1) is 19.7 Å². The summed E-state index contributed by atoms with van der Waals surface area (Å²) in [6.45, 7) is 7.84. The number of halogens is 1. The number of aliphatic hydroxyl groups excluding tert-OH is 2. The molecule has 0 spiro atoms. The molecule has 170 valence electrons. The van der Waals surface area contributed by atoms with Crippen LogP contribution in [0.25, 0.3) is 28.2 Å². The first-order chi connectivity index (χ1) is 15.1. The molecule has 0 saturated heterocycles. The Morgan fingerprint density at radius 1 is 1.16 bits per heavy atom. The topological polar surface area (TPSA) is 90.9 Å². The van der Waals surface area contributed by atoms with Gasteiger partial charge in [-0.25, -0.2) is 4.39 Å². The highest BCUT2D eigenvalue weighted by atomic mass is 19.1.